The van der Waals surface area contributed by atoms with Crippen molar-refractivity contribution in [1.29, 1.82) is 0 Å². The first kappa shape index (κ1) is 22.9. The molecular formula is C19H7F10OP. The Labute approximate surface area is 168 Å². The van der Waals surface area contributed by atoms with Crippen molar-refractivity contribution in [3.63, 3.8) is 0 Å². The molecule has 0 aliphatic carbocycles. The molecule has 12 heteroatoms. The van der Waals surface area contributed by atoms with Crippen LogP contribution in [-0.4, -0.2) is 7.11 Å². The number of benzene rings is 3. The quantitative estimate of drug-likeness (QED) is 0.229. The van der Waals surface area contributed by atoms with Gasteiger partial charge in [-0.2, -0.15) is 0 Å². The van der Waals surface area contributed by atoms with E-state index in [1.54, 1.807) is 0 Å². The molecule has 0 saturated carbocycles. The van der Waals surface area contributed by atoms with Crippen LogP contribution in [-0.2, 0) is 0 Å². The summed E-state index contributed by atoms with van der Waals surface area (Å²) >= 11 is 0. The number of para-hydroxylation sites is 1. The van der Waals surface area contributed by atoms with Crippen LogP contribution < -0.4 is 20.7 Å². The molecule has 0 saturated heterocycles. The number of halogens is 10. The molecule has 0 aliphatic heterocycles. The summed E-state index contributed by atoms with van der Waals surface area (Å²) in [6, 6.07) is 4.46. The van der Waals surface area contributed by atoms with Crippen molar-refractivity contribution in [3.05, 3.63) is 82.4 Å². The Morgan fingerprint density at radius 3 is 1.19 bits per heavy atom. The van der Waals surface area contributed by atoms with Crippen molar-refractivity contribution in [3.8, 4) is 5.75 Å². The summed E-state index contributed by atoms with van der Waals surface area (Å²) in [5, 5.41) is -4.09. The van der Waals surface area contributed by atoms with Crippen LogP contribution in [0.25, 0.3) is 0 Å². The number of methoxy groups -OCH3 is 1. The van der Waals surface area contributed by atoms with Gasteiger partial charge in [-0.15, -0.1) is 0 Å². The highest BCUT2D eigenvalue weighted by molar-refractivity contribution is 7.80. The predicted octanol–water partition coefficient (Wildman–Crippen LogP) is 4.84. The Hall–Kier alpha value is -2.81. The molecule has 0 N–H and O–H groups in total. The van der Waals surface area contributed by atoms with Crippen molar-refractivity contribution in [2.75, 3.05) is 7.11 Å². The smallest absolute Gasteiger partial charge is 0.200 e. The van der Waals surface area contributed by atoms with Gasteiger partial charge in [0.2, 0.25) is 11.6 Å². The minimum atomic E-state index is -3.56. The Morgan fingerprint density at radius 2 is 0.839 bits per heavy atom. The fraction of sp³-hybridized carbons (Fsp3) is 0.0526. The molecule has 3 rings (SSSR count). The molecule has 0 radical (unpaired) electrons. The van der Waals surface area contributed by atoms with Gasteiger partial charge in [-0.1, -0.05) is 18.2 Å². The molecule has 0 aromatic heterocycles. The molecule has 0 heterocycles. The molecule has 1 nitrogen and oxygen atoms in total. The van der Waals surface area contributed by atoms with Crippen LogP contribution in [0, 0.1) is 58.2 Å². The monoisotopic (exact) mass is 472 g/mol. The summed E-state index contributed by atoms with van der Waals surface area (Å²) in [6.07, 6.45) is 0. The number of ether oxygens (including phenoxy) is 1. The zero-order valence-corrected chi connectivity index (χ0v) is 15.8. The standard InChI is InChI=1S/C19H7F10OP/c1-30-6-4-2-3-5-7(6)31(18-14(26)10(22)8(20)11(23)15(18)27)19-16(28)12(24)9(21)13(25)17(19)29/h2-5H,1H3. The zero-order chi connectivity index (χ0) is 23.2. The highest BCUT2D eigenvalue weighted by atomic mass is 31.1. The third kappa shape index (κ3) is 3.50. The van der Waals surface area contributed by atoms with Crippen LogP contribution in [0.5, 0.6) is 5.75 Å². The second-order valence-electron chi connectivity index (χ2n) is 5.84. The fourth-order valence-electron chi connectivity index (χ4n) is 2.75. The van der Waals surface area contributed by atoms with E-state index in [-0.39, 0.29) is 5.75 Å². The lowest BCUT2D eigenvalue weighted by Gasteiger charge is -2.24. The first-order chi connectivity index (χ1) is 14.5. The topological polar surface area (TPSA) is 9.23 Å². The fourth-order valence-corrected chi connectivity index (χ4v) is 5.25. The minimum absolute atomic E-state index is 0.360. The highest BCUT2D eigenvalue weighted by Crippen LogP contribution is 2.42. The van der Waals surface area contributed by atoms with E-state index < -0.39 is 82.0 Å². The van der Waals surface area contributed by atoms with Crippen LogP contribution in [0.2, 0.25) is 0 Å². The van der Waals surface area contributed by atoms with Gasteiger partial charge in [-0.25, -0.2) is 43.9 Å². The van der Waals surface area contributed by atoms with E-state index >= 15 is 0 Å². The van der Waals surface area contributed by atoms with Crippen LogP contribution in [0.15, 0.2) is 24.3 Å². The van der Waals surface area contributed by atoms with E-state index in [1.807, 2.05) is 0 Å². The van der Waals surface area contributed by atoms with E-state index in [1.165, 1.54) is 6.07 Å². The van der Waals surface area contributed by atoms with Gasteiger partial charge in [0.15, 0.2) is 46.5 Å². The lowest BCUT2D eigenvalue weighted by Crippen LogP contribution is -2.33. The molecule has 0 aliphatic rings. The maximum absolute atomic E-state index is 14.6. The zero-order valence-electron chi connectivity index (χ0n) is 14.9. The van der Waals surface area contributed by atoms with Crippen molar-refractivity contribution in [2.24, 2.45) is 0 Å². The lowest BCUT2D eigenvalue weighted by atomic mass is 10.3. The Bertz CT molecular complexity index is 1070. The minimum Gasteiger partial charge on any atom is -0.496 e. The summed E-state index contributed by atoms with van der Waals surface area (Å²) in [6.45, 7) is 0. The van der Waals surface area contributed by atoms with Crippen molar-refractivity contribution in [2.45, 2.75) is 0 Å². The molecule has 3 aromatic rings. The molecule has 31 heavy (non-hydrogen) atoms. The van der Waals surface area contributed by atoms with E-state index in [4.69, 9.17) is 4.74 Å². The van der Waals surface area contributed by atoms with Gasteiger partial charge in [-0.3, -0.25) is 0 Å². The van der Waals surface area contributed by atoms with Gasteiger partial charge in [-0.05, 0) is 6.07 Å². The Kier molecular flexibility index (Phi) is 6.18. The number of rotatable bonds is 4. The van der Waals surface area contributed by atoms with Crippen molar-refractivity contribution in [1.82, 2.24) is 0 Å². The largest absolute Gasteiger partial charge is 0.496 e. The average Bonchev–Trinajstić information content (AvgIpc) is 2.77. The van der Waals surface area contributed by atoms with Gasteiger partial charge in [0.05, 0.1) is 17.7 Å². The van der Waals surface area contributed by atoms with Gasteiger partial charge < -0.3 is 4.74 Å². The lowest BCUT2D eigenvalue weighted by molar-refractivity contribution is 0.383. The summed E-state index contributed by atoms with van der Waals surface area (Å²) in [7, 11) is -2.56. The third-order valence-corrected chi connectivity index (χ3v) is 6.68. The molecule has 164 valence electrons. The molecule has 0 fully saturated rings. The van der Waals surface area contributed by atoms with Crippen molar-refractivity contribution >= 4 is 23.8 Å². The molecule has 0 spiro atoms. The molecular weight excluding hydrogens is 465 g/mol. The van der Waals surface area contributed by atoms with E-state index in [0.29, 0.717) is 0 Å². The maximum Gasteiger partial charge on any atom is 0.200 e. The Balaban J connectivity index is 2.56. The third-order valence-electron chi connectivity index (χ3n) is 4.15. The van der Waals surface area contributed by atoms with E-state index in [9.17, 15) is 43.9 Å². The van der Waals surface area contributed by atoms with Crippen molar-refractivity contribution < 1.29 is 48.6 Å². The Morgan fingerprint density at radius 1 is 0.516 bits per heavy atom. The molecule has 0 unspecified atom stereocenters. The molecule has 0 amide bonds. The summed E-state index contributed by atoms with van der Waals surface area (Å²) in [5.74, 6) is -25.3. The van der Waals surface area contributed by atoms with Gasteiger partial charge in [0.25, 0.3) is 0 Å². The summed E-state index contributed by atoms with van der Waals surface area (Å²) < 4.78 is 145. The second-order valence-corrected chi connectivity index (χ2v) is 7.89. The summed E-state index contributed by atoms with van der Waals surface area (Å²) in [4.78, 5) is 0. The normalized spacial score (nSPS) is 11.4. The summed E-state index contributed by atoms with van der Waals surface area (Å²) in [5.41, 5.74) is 0. The molecule has 3 aromatic carbocycles. The highest BCUT2D eigenvalue weighted by Gasteiger charge is 2.39. The SMILES string of the molecule is COc1ccccc1P(c1c(F)c(F)c(F)c(F)c1F)c1c(F)c(F)c(F)c(F)c1F. The van der Waals surface area contributed by atoms with Crippen LogP contribution >= 0.6 is 7.92 Å². The van der Waals surface area contributed by atoms with Gasteiger partial charge in [0, 0.05) is 13.2 Å². The van der Waals surface area contributed by atoms with Gasteiger partial charge >= 0.3 is 0 Å². The van der Waals surface area contributed by atoms with Crippen LogP contribution in [0.4, 0.5) is 43.9 Å². The second kappa shape index (κ2) is 8.37. The number of hydrogen-bond acceptors (Lipinski definition) is 1. The number of hydrogen-bond donors (Lipinski definition) is 0. The first-order valence-electron chi connectivity index (χ1n) is 8.00. The maximum atomic E-state index is 14.6. The first-order valence-corrected chi connectivity index (χ1v) is 9.34. The van der Waals surface area contributed by atoms with E-state index in [0.717, 1.165) is 25.3 Å². The average molecular weight is 472 g/mol. The molecule has 0 atom stereocenters. The molecule has 0 bridgehead atoms. The van der Waals surface area contributed by atoms with E-state index in [2.05, 4.69) is 0 Å². The predicted molar refractivity (Wildman–Crippen MR) is 91.3 cm³/mol. The van der Waals surface area contributed by atoms with Crippen LogP contribution in [0.1, 0.15) is 0 Å². The van der Waals surface area contributed by atoms with Crippen LogP contribution in [0.3, 0.4) is 0 Å². The van der Waals surface area contributed by atoms with Gasteiger partial charge in [0.1, 0.15) is 5.75 Å².